The van der Waals surface area contributed by atoms with Crippen LogP contribution in [-0.2, 0) is 9.53 Å². The summed E-state index contributed by atoms with van der Waals surface area (Å²) in [6.45, 7) is 2.30. The third kappa shape index (κ3) is 3.87. The number of nitrogens with zero attached hydrogens (tertiary/aromatic N) is 1. The van der Waals surface area contributed by atoms with E-state index in [0.29, 0.717) is 49.4 Å². The smallest absolute Gasteiger partial charge is 0.256 e. The van der Waals surface area contributed by atoms with Crippen LogP contribution in [0.25, 0.3) is 0 Å². The molecular formula is C21H29N3O3. The van der Waals surface area contributed by atoms with Crippen molar-refractivity contribution in [1.82, 2.24) is 4.90 Å². The Kier molecular flexibility index (Phi) is 5.45. The number of ether oxygens (including phenoxy) is 1. The molecule has 27 heavy (non-hydrogen) atoms. The number of nitrogens with one attached hydrogen (secondary N) is 1. The van der Waals surface area contributed by atoms with Crippen molar-refractivity contribution < 1.29 is 14.3 Å². The molecule has 3 N–H and O–H groups in total. The number of amides is 2. The zero-order valence-corrected chi connectivity index (χ0v) is 15.7. The maximum atomic E-state index is 13.0. The number of rotatable bonds is 3. The maximum Gasteiger partial charge on any atom is 0.256 e. The van der Waals surface area contributed by atoms with Crippen molar-refractivity contribution in [2.24, 2.45) is 23.5 Å². The van der Waals surface area contributed by atoms with Gasteiger partial charge in [-0.3, -0.25) is 9.59 Å². The second-order valence-electron chi connectivity index (χ2n) is 8.14. The minimum absolute atomic E-state index is 0.00774. The summed E-state index contributed by atoms with van der Waals surface area (Å²) in [4.78, 5) is 27.6. The summed E-state index contributed by atoms with van der Waals surface area (Å²) >= 11 is 0. The van der Waals surface area contributed by atoms with Crippen LogP contribution in [0.3, 0.4) is 0 Å². The van der Waals surface area contributed by atoms with E-state index < -0.39 is 0 Å². The summed E-state index contributed by atoms with van der Waals surface area (Å²) in [5, 5.41) is 3.05. The molecule has 0 aromatic heterocycles. The molecule has 2 bridgehead atoms. The molecule has 3 aliphatic rings. The number of hydrogen-bond donors (Lipinski definition) is 2. The Morgan fingerprint density at radius 2 is 1.74 bits per heavy atom. The number of para-hydroxylation sites is 1. The SMILES string of the molecule is NC1C2CCCC1CC(C(=O)Nc1ccccc1C(=O)N1CCOCC1)C2. The first kappa shape index (κ1) is 18.4. The van der Waals surface area contributed by atoms with Crippen LogP contribution in [0.2, 0.25) is 0 Å². The van der Waals surface area contributed by atoms with Gasteiger partial charge in [-0.15, -0.1) is 0 Å². The topological polar surface area (TPSA) is 84.7 Å². The van der Waals surface area contributed by atoms with Crippen molar-refractivity contribution >= 4 is 17.5 Å². The Morgan fingerprint density at radius 3 is 2.44 bits per heavy atom. The van der Waals surface area contributed by atoms with Gasteiger partial charge in [-0.25, -0.2) is 0 Å². The van der Waals surface area contributed by atoms with Gasteiger partial charge >= 0.3 is 0 Å². The molecule has 1 heterocycles. The fraction of sp³-hybridized carbons (Fsp3) is 0.619. The van der Waals surface area contributed by atoms with Gasteiger partial charge in [0.05, 0.1) is 24.5 Å². The lowest BCUT2D eigenvalue weighted by atomic mass is 9.65. The Labute approximate surface area is 160 Å². The Balaban J connectivity index is 1.46. The molecule has 2 saturated carbocycles. The zero-order chi connectivity index (χ0) is 18.8. The van der Waals surface area contributed by atoms with E-state index in [0.717, 1.165) is 25.7 Å². The van der Waals surface area contributed by atoms with Crippen LogP contribution >= 0.6 is 0 Å². The Hall–Kier alpha value is -1.92. The summed E-state index contributed by atoms with van der Waals surface area (Å²) in [6.07, 6.45) is 5.22. The minimum atomic E-state index is -0.0447. The molecule has 2 aliphatic carbocycles. The van der Waals surface area contributed by atoms with Crippen LogP contribution in [0, 0.1) is 17.8 Å². The molecule has 2 unspecified atom stereocenters. The number of fused-ring (bicyclic) bond motifs is 2. The van der Waals surface area contributed by atoms with E-state index in [4.69, 9.17) is 10.5 Å². The third-order valence-corrected chi connectivity index (χ3v) is 6.50. The minimum Gasteiger partial charge on any atom is -0.378 e. The predicted molar refractivity (Wildman–Crippen MR) is 103 cm³/mol. The molecule has 0 spiro atoms. The predicted octanol–water partition coefficient (Wildman–Crippen LogP) is 2.25. The van der Waals surface area contributed by atoms with E-state index >= 15 is 0 Å². The normalized spacial score (nSPS) is 30.6. The lowest BCUT2D eigenvalue weighted by Gasteiger charge is -2.43. The fourth-order valence-electron chi connectivity index (χ4n) is 4.95. The first-order valence-electron chi connectivity index (χ1n) is 10.2. The molecule has 146 valence electrons. The van der Waals surface area contributed by atoms with Crippen LogP contribution in [0.5, 0.6) is 0 Å². The van der Waals surface area contributed by atoms with Gasteiger partial charge in [0.15, 0.2) is 0 Å². The third-order valence-electron chi connectivity index (χ3n) is 6.50. The monoisotopic (exact) mass is 371 g/mol. The Bertz CT molecular complexity index is 688. The van der Waals surface area contributed by atoms with E-state index in [1.54, 1.807) is 11.0 Å². The summed E-state index contributed by atoms with van der Waals surface area (Å²) in [6, 6.07) is 7.56. The van der Waals surface area contributed by atoms with Gasteiger partial charge in [0.1, 0.15) is 0 Å². The fourth-order valence-corrected chi connectivity index (χ4v) is 4.95. The standard InChI is InChI=1S/C21H29N3O3/c22-19-14-4-3-5-15(19)13-16(12-14)20(25)23-18-7-2-1-6-17(18)21(26)24-8-10-27-11-9-24/h1-2,6-7,14-16,19H,3-5,8-13,22H2,(H,23,25). The van der Waals surface area contributed by atoms with Gasteiger partial charge < -0.3 is 20.7 Å². The quantitative estimate of drug-likeness (QED) is 0.853. The van der Waals surface area contributed by atoms with Crippen LogP contribution in [0.1, 0.15) is 42.5 Å². The molecule has 1 aromatic carbocycles. The molecule has 3 fully saturated rings. The molecule has 1 aromatic rings. The van der Waals surface area contributed by atoms with Gasteiger partial charge in [-0.2, -0.15) is 0 Å². The van der Waals surface area contributed by atoms with Gasteiger partial charge in [-0.1, -0.05) is 18.6 Å². The zero-order valence-electron chi connectivity index (χ0n) is 15.7. The summed E-state index contributed by atoms with van der Waals surface area (Å²) in [5.41, 5.74) is 7.52. The van der Waals surface area contributed by atoms with E-state index in [9.17, 15) is 9.59 Å². The highest BCUT2D eigenvalue weighted by Crippen LogP contribution is 2.42. The molecule has 0 radical (unpaired) electrons. The number of hydrogen-bond acceptors (Lipinski definition) is 4. The number of anilines is 1. The van der Waals surface area contributed by atoms with Crippen molar-refractivity contribution in [2.45, 2.75) is 38.1 Å². The lowest BCUT2D eigenvalue weighted by Crippen LogP contribution is -2.48. The number of morpholine rings is 1. The highest BCUT2D eigenvalue weighted by atomic mass is 16.5. The van der Waals surface area contributed by atoms with Crippen molar-refractivity contribution in [2.75, 3.05) is 31.6 Å². The largest absolute Gasteiger partial charge is 0.378 e. The second-order valence-corrected chi connectivity index (χ2v) is 8.14. The maximum absolute atomic E-state index is 13.0. The lowest BCUT2D eigenvalue weighted by molar-refractivity contribution is -0.122. The molecule has 6 nitrogen and oxygen atoms in total. The molecule has 4 rings (SSSR count). The van der Waals surface area contributed by atoms with E-state index in [-0.39, 0.29) is 23.8 Å². The van der Waals surface area contributed by atoms with Gasteiger partial charge in [0, 0.05) is 25.0 Å². The molecule has 2 atom stereocenters. The van der Waals surface area contributed by atoms with E-state index in [1.165, 1.54) is 6.42 Å². The average Bonchev–Trinajstić information content (AvgIpc) is 2.68. The first-order chi connectivity index (χ1) is 13.1. The van der Waals surface area contributed by atoms with Crippen LogP contribution in [0.15, 0.2) is 24.3 Å². The van der Waals surface area contributed by atoms with Crippen LogP contribution in [-0.4, -0.2) is 49.1 Å². The molecule has 6 heteroatoms. The Morgan fingerprint density at radius 1 is 1.07 bits per heavy atom. The highest BCUT2D eigenvalue weighted by Gasteiger charge is 2.40. The van der Waals surface area contributed by atoms with Gasteiger partial charge in [0.25, 0.3) is 5.91 Å². The van der Waals surface area contributed by atoms with E-state index in [2.05, 4.69) is 5.32 Å². The van der Waals surface area contributed by atoms with Crippen molar-refractivity contribution in [1.29, 1.82) is 0 Å². The molecule has 1 aliphatic heterocycles. The first-order valence-corrected chi connectivity index (χ1v) is 10.2. The van der Waals surface area contributed by atoms with Crippen molar-refractivity contribution in [3.05, 3.63) is 29.8 Å². The van der Waals surface area contributed by atoms with Crippen molar-refractivity contribution in [3.63, 3.8) is 0 Å². The van der Waals surface area contributed by atoms with Crippen LogP contribution in [0.4, 0.5) is 5.69 Å². The highest BCUT2D eigenvalue weighted by molar-refractivity contribution is 6.04. The number of benzene rings is 1. The second kappa shape index (κ2) is 7.98. The molecule has 1 saturated heterocycles. The van der Waals surface area contributed by atoms with Crippen molar-refractivity contribution in [3.8, 4) is 0 Å². The molecular weight excluding hydrogens is 342 g/mol. The summed E-state index contributed by atoms with van der Waals surface area (Å²) < 4.78 is 5.33. The number of nitrogens with two attached hydrogens (primary N) is 1. The number of carbonyl (C=O) groups excluding carboxylic acids is 2. The average molecular weight is 371 g/mol. The summed E-state index contributed by atoms with van der Waals surface area (Å²) in [5.74, 6) is 0.890. The number of carbonyl (C=O) groups is 2. The van der Waals surface area contributed by atoms with E-state index in [1.807, 2.05) is 18.2 Å². The van der Waals surface area contributed by atoms with Crippen LogP contribution < -0.4 is 11.1 Å². The van der Waals surface area contributed by atoms with Gasteiger partial charge in [-0.05, 0) is 49.7 Å². The van der Waals surface area contributed by atoms with Gasteiger partial charge in [0.2, 0.25) is 5.91 Å². The molecule has 2 amide bonds. The summed E-state index contributed by atoms with van der Waals surface area (Å²) in [7, 11) is 0.